The van der Waals surface area contributed by atoms with E-state index in [4.69, 9.17) is 32.8 Å². The normalized spacial score (nSPS) is 10.5. The van der Waals surface area contributed by atoms with Crippen molar-refractivity contribution >= 4 is 22.9 Å². The average molecular weight is 458 g/mol. The molecule has 0 saturated carbocycles. The van der Waals surface area contributed by atoms with Crippen LogP contribution in [0.3, 0.4) is 0 Å². The Morgan fingerprint density at radius 3 is 1.73 bits per heavy atom. The zero-order valence-corrected chi connectivity index (χ0v) is 18.9. The summed E-state index contributed by atoms with van der Waals surface area (Å²) < 4.78 is 37.9. The fourth-order valence-electron chi connectivity index (χ4n) is 3.27. The zero-order valence-electron chi connectivity index (χ0n) is 18.9. The minimum Gasteiger partial charge on any atom is -0.497 e. The first-order chi connectivity index (χ1) is 15.8. The smallest absolute Gasteiger partial charge is 0.308 e. The van der Waals surface area contributed by atoms with Crippen molar-refractivity contribution in [3.05, 3.63) is 34.5 Å². The Hall–Kier alpha value is -4.21. The van der Waals surface area contributed by atoms with Gasteiger partial charge in [-0.3, -0.25) is 14.4 Å². The molecule has 1 heterocycles. The van der Waals surface area contributed by atoms with Crippen molar-refractivity contribution in [3.8, 4) is 45.8 Å². The number of rotatable bonds is 7. The third-order valence-corrected chi connectivity index (χ3v) is 4.58. The van der Waals surface area contributed by atoms with E-state index in [1.165, 1.54) is 28.4 Å². The van der Waals surface area contributed by atoms with Crippen molar-refractivity contribution in [1.82, 2.24) is 0 Å². The van der Waals surface area contributed by atoms with Crippen LogP contribution >= 0.6 is 0 Å². The molecule has 0 unspecified atom stereocenters. The maximum atomic E-state index is 13.5. The fourth-order valence-corrected chi connectivity index (χ4v) is 3.27. The van der Waals surface area contributed by atoms with E-state index >= 15 is 0 Å². The van der Waals surface area contributed by atoms with Gasteiger partial charge in [0.25, 0.3) is 0 Å². The van der Waals surface area contributed by atoms with Crippen LogP contribution < -0.4 is 33.8 Å². The van der Waals surface area contributed by atoms with E-state index in [-0.39, 0.29) is 45.5 Å². The highest BCUT2D eigenvalue weighted by Crippen LogP contribution is 2.51. The van der Waals surface area contributed by atoms with E-state index in [0.717, 1.165) is 13.8 Å². The van der Waals surface area contributed by atoms with Crippen molar-refractivity contribution < 1.29 is 42.4 Å². The number of fused-ring (bicyclic) bond motifs is 1. The lowest BCUT2D eigenvalue weighted by Gasteiger charge is -2.19. The summed E-state index contributed by atoms with van der Waals surface area (Å²) in [4.78, 5) is 37.2. The zero-order chi connectivity index (χ0) is 24.3. The minimum absolute atomic E-state index is 0.0471. The molecule has 33 heavy (non-hydrogen) atoms. The van der Waals surface area contributed by atoms with Crippen LogP contribution in [0.2, 0.25) is 0 Å². The third-order valence-electron chi connectivity index (χ3n) is 4.58. The number of carbonyl (C=O) groups is 2. The molecule has 0 N–H and O–H groups in total. The second-order valence-electron chi connectivity index (χ2n) is 6.64. The van der Waals surface area contributed by atoms with Crippen LogP contribution in [-0.2, 0) is 9.59 Å². The van der Waals surface area contributed by atoms with E-state index in [0.29, 0.717) is 11.3 Å². The van der Waals surface area contributed by atoms with Gasteiger partial charge in [0.15, 0.2) is 17.1 Å². The van der Waals surface area contributed by atoms with Gasteiger partial charge in [0.1, 0.15) is 11.1 Å². The van der Waals surface area contributed by atoms with Crippen LogP contribution in [0.25, 0.3) is 22.3 Å². The molecule has 0 saturated heterocycles. The third kappa shape index (κ3) is 4.27. The monoisotopic (exact) mass is 458 g/mol. The number of esters is 2. The van der Waals surface area contributed by atoms with Crippen LogP contribution in [0.15, 0.2) is 33.5 Å². The first-order valence-corrected chi connectivity index (χ1v) is 9.61. The van der Waals surface area contributed by atoms with Gasteiger partial charge < -0.3 is 32.8 Å². The SMILES string of the molecule is COc1ccc(-c2oc3c(OC)c(OC)c(OC(C)=O)c(OC(C)=O)c3c(=O)c2OC)cc1. The van der Waals surface area contributed by atoms with Gasteiger partial charge in [-0.1, -0.05) is 0 Å². The number of hydrogen-bond donors (Lipinski definition) is 0. The molecule has 10 heteroatoms. The Kier molecular flexibility index (Phi) is 6.76. The Morgan fingerprint density at radius 2 is 1.24 bits per heavy atom. The summed E-state index contributed by atoms with van der Waals surface area (Å²) in [5.41, 5.74) is -0.279. The van der Waals surface area contributed by atoms with Gasteiger partial charge in [0.2, 0.25) is 28.4 Å². The molecule has 0 atom stereocenters. The molecule has 0 spiro atoms. The molecule has 10 nitrogen and oxygen atoms in total. The summed E-state index contributed by atoms with van der Waals surface area (Å²) in [6, 6.07) is 6.72. The summed E-state index contributed by atoms with van der Waals surface area (Å²) in [5.74, 6) is -1.81. The summed E-state index contributed by atoms with van der Waals surface area (Å²) >= 11 is 0. The molecular formula is C23H22O10. The van der Waals surface area contributed by atoms with E-state index < -0.39 is 17.4 Å². The number of methoxy groups -OCH3 is 4. The second-order valence-corrected chi connectivity index (χ2v) is 6.64. The minimum atomic E-state index is -0.769. The molecule has 1 aromatic heterocycles. The van der Waals surface area contributed by atoms with Crippen LogP contribution in [0.4, 0.5) is 0 Å². The lowest BCUT2D eigenvalue weighted by Crippen LogP contribution is -2.14. The van der Waals surface area contributed by atoms with Crippen molar-refractivity contribution in [1.29, 1.82) is 0 Å². The van der Waals surface area contributed by atoms with Gasteiger partial charge in [-0.05, 0) is 24.3 Å². The molecule has 174 valence electrons. The Morgan fingerprint density at radius 1 is 0.697 bits per heavy atom. The first kappa shape index (κ1) is 23.5. The predicted molar refractivity (Wildman–Crippen MR) is 117 cm³/mol. The molecule has 0 radical (unpaired) electrons. The number of benzene rings is 2. The maximum absolute atomic E-state index is 13.5. The molecule has 0 bridgehead atoms. The second kappa shape index (κ2) is 9.51. The lowest BCUT2D eigenvalue weighted by molar-refractivity contribution is -0.134. The number of carbonyl (C=O) groups excluding carboxylic acids is 2. The van der Waals surface area contributed by atoms with Crippen LogP contribution in [-0.4, -0.2) is 40.4 Å². The van der Waals surface area contributed by atoms with Gasteiger partial charge >= 0.3 is 11.9 Å². The quantitative estimate of drug-likeness (QED) is 0.385. The number of ether oxygens (including phenoxy) is 6. The predicted octanol–water partition coefficient (Wildman–Crippen LogP) is 3.35. The molecule has 2 aromatic carbocycles. The highest BCUT2D eigenvalue weighted by molar-refractivity contribution is 5.99. The summed E-state index contributed by atoms with van der Waals surface area (Å²) in [6.07, 6.45) is 0. The summed E-state index contributed by atoms with van der Waals surface area (Å²) in [5, 5.41) is -0.229. The van der Waals surface area contributed by atoms with Gasteiger partial charge in [0, 0.05) is 19.4 Å². The van der Waals surface area contributed by atoms with E-state index in [9.17, 15) is 14.4 Å². The van der Waals surface area contributed by atoms with Gasteiger partial charge in [-0.25, -0.2) is 0 Å². The Balaban J connectivity index is 2.52. The molecule has 0 aliphatic heterocycles. The number of hydrogen-bond acceptors (Lipinski definition) is 10. The van der Waals surface area contributed by atoms with E-state index in [1.54, 1.807) is 24.3 Å². The Bertz CT molecular complexity index is 1270. The largest absolute Gasteiger partial charge is 0.497 e. The summed E-state index contributed by atoms with van der Waals surface area (Å²) in [6.45, 7) is 2.27. The fraction of sp³-hybridized carbons (Fsp3) is 0.261. The summed E-state index contributed by atoms with van der Waals surface area (Å²) in [7, 11) is 5.43. The van der Waals surface area contributed by atoms with Crippen molar-refractivity contribution in [2.45, 2.75) is 13.8 Å². The van der Waals surface area contributed by atoms with Crippen LogP contribution in [0.1, 0.15) is 13.8 Å². The average Bonchev–Trinajstić information content (AvgIpc) is 2.79. The van der Waals surface area contributed by atoms with E-state index in [1.807, 2.05) is 0 Å². The highest BCUT2D eigenvalue weighted by atomic mass is 16.6. The van der Waals surface area contributed by atoms with E-state index in [2.05, 4.69) is 0 Å². The van der Waals surface area contributed by atoms with Crippen molar-refractivity contribution in [2.24, 2.45) is 0 Å². The maximum Gasteiger partial charge on any atom is 0.308 e. The molecule has 0 aliphatic rings. The van der Waals surface area contributed by atoms with Gasteiger partial charge in [-0.2, -0.15) is 0 Å². The van der Waals surface area contributed by atoms with Crippen molar-refractivity contribution in [2.75, 3.05) is 28.4 Å². The molecule has 0 aliphatic carbocycles. The van der Waals surface area contributed by atoms with Crippen LogP contribution in [0, 0.1) is 0 Å². The lowest BCUT2D eigenvalue weighted by atomic mass is 10.1. The molecule has 3 aromatic rings. The molecular weight excluding hydrogens is 436 g/mol. The molecule has 3 rings (SSSR count). The van der Waals surface area contributed by atoms with Gasteiger partial charge in [0.05, 0.1) is 28.4 Å². The Labute approximate surface area is 188 Å². The van der Waals surface area contributed by atoms with Gasteiger partial charge in [-0.15, -0.1) is 0 Å². The topological polar surface area (TPSA) is 120 Å². The molecule has 0 fully saturated rings. The van der Waals surface area contributed by atoms with Crippen LogP contribution in [0.5, 0.6) is 34.5 Å². The first-order valence-electron chi connectivity index (χ1n) is 9.61. The standard InChI is InChI=1S/C23H22O10/c1-11(24)31-19-15-16(26)20(28-4)17(13-7-9-14(27-3)10-8-13)33-18(15)21(29-5)22(30-6)23(19)32-12(2)25/h7-10H,1-6H3. The highest BCUT2D eigenvalue weighted by Gasteiger charge is 2.32. The molecule has 0 amide bonds. The van der Waals surface area contributed by atoms with Crippen molar-refractivity contribution in [3.63, 3.8) is 0 Å².